The highest BCUT2D eigenvalue weighted by Crippen LogP contribution is 2.39. The fraction of sp³-hybridized carbons (Fsp3) is 0.625. The van der Waals surface area contributed by atoms with Crippen molar-refractivity contribution in [3.8, 4) is 6.07 Å². The molecule has 112 valence electrons. The van der Waals surface area contributed by atoms with Crippen molar-refractivity contribution in [3.63, 3.8) is 0 Å². The fourth-order valence-electron chi connectivity index (χ4n) is 3.39. The summed E-state index contributed by atoms with van der Waals surface area (Å²) < 4.78 is 0. The van der Waals surface area contributed by atoms with Crippen LogP contribution in [-0.2, 0) is 11.3 Å². The van der Waals surface area contributed by atoms with Crippen LogP contribution in [0.1, 0.15) is 30.6 Å². The smallest absolute Gasteiger partial charge is 0.243 e. The third-order valence-corrected chi connectivity index (χ3v) is 5.56. The zero-order valence-corrected chi connectivity index (χ0v) is 13.1. The average molecular weight is 303 g/mol. The Morgan fingerprint density at radius 3 is 2.57 bits per heavy atom. The van der Waals surface area contributed by atoms with Crippen molar-refractivity contribution in [1.29, 1.82) is 5.26 Å². The third-order valence-electron chi connectivity index (χ3n) is 4.70. The summed E-state index contributed by atoms with van der Waals surface area (Å²) in [5.41, 5.74) is -0.712. The normalized spacial score (nSPS) is 22.1. The number of hydrogen-bond donors (Lipinski definition) is 0. The van der Waals surface area contributed by atoms with Crippen LogP contribution in [0, 0.1) is 16.7 Å². The van der Waals surface area contributed by atoms with Crippen LogP contribution in [-0.4, -0.2) is 41.9 Å². The van der Waals surface area contributed by atoms with Crippen LogP contribution >= 0.6 is 11.3 Å². The lowest BCUT2D eigenvalue weighted by Crippen LogP contribution is -2.52. The van der Waals surface area contributed by atoms with Crippen molar-refractivity contribution >= 4 is 17.2 Å². The van der Waals surface area contributed by atoms with E-state index in [1.54, 1.807) is 11.3 Å². The maximum Gasteiger partial charge on any atom is 0.243 e. The Hall–Kier alpha value is -1.38. The summed E-state index contributed by atoms with van der Waals surface area (Å²) in [6.07, 6.45) is 3.52. The number of thiophene rings is 1. The molecule has 5 heteroatoms. The molecule has 0 N–H and O–H groups in total. The van der Waals surface area contributed by atoms with Crippen LogP contribution in [0.15, 0.2) is 17.5 Å². The SMILES string of the molecule is N#CC1(C(=O)N2CCN(Cc3cccs3)CC2)CCCC1. The van der Waals surface area contributed by atoms with Gasteiger partial charge in [0.25, 0.3) is 0 Å². The Kier molecular flexibility index (Phi) is 4.27. The molecule has 0 unspecified atom stereocenters. The van der Waals surface area contributed by atoms with Gasteiger partial charge in [-0.25, -0.2) is 0 Å². The van der Waals surface area contributed by atoms with Crippen LogP contribution in [0.3, 0.4) is 0 Å². The molecule has 2 aliphatic rings. The van der Waals surface area contributed by atoms with Gasteiger partial charge in [0.1, 0.15) is 5.41 Å². The van der Waals surface area contributed by atoms with E-state index in [0.29, 0.717) is 0 Å². The first kappa shape index (κ1) is 14.6. The molecule has 1 aromatic heterocycles. The molecular formula is C16H21N3OS. The van der Waals surface area contributed by atoms with Gasteiger partial charge in [0, 0.05) is 37.6 Å². The maximum atomic E-state index is 12.7. The Bertz CT molecular complexity index is 520. The highest BCUT2D eigenvalue weighted by Gasteiger charge is 2.44. The van der Waals surface area contributed by atoms with Gasteiger partial charge in [-0.2, -0.15) is 5.26 Å². The molecule has 0 atom stereocenters. The van der Waals surface area contributed by atoms with Gasteiger partial charge in [0.2, 0.25) is 5.91 Å². The van der Waals surface area contributed by atoms with Crippen molar-refractivity contribution in [2.45, 2.75) is 32.2 Å². The van der Waals surface area contributed by atoms with Gasteiger partial charge in [0.05, 0.1) is 6.07 Å². The summed E-state index contributed by atoms with van der Waals surface area (Å²) in [5.74, 6) is 0.0817. The predicted molar refractivity (Wildman–Crippen MR) is 82.7 cm³/mol. The summed E-state index contributed by atoms with van der Waals surface area (Å²) in [7, 11) is 0. The number of hydrogen-bond acceptors (Lipinski definition) is 4. The lowest BCUT2D eigenvalue weighted by atomic mass is 9.86. The van der Waals surface area contributed by atoms with E-state index in [9.17, 15) is 10.1 Å². The molecule has 0 aromatic carbocycles. The number of nitrogens with zero attached hydrogens (tertiary/aromatic N) is 3. The topological polar surface area (TPSA) is 47.3 Å². The molecule has 1 aliphatic heterocycles. The first-order valence-corrected chi connectivity index (χ1v) is 8.57. The molecule has 0 bridgehead atoms. The predicted octanol–water partition coefficient (Wildman–Crippen LogP) is 2.48. The van der Waals surface area contributed by atoms with Gasteiger partial charge >= 0.3 is 0 Å². The molecule has 4 nitrogen and oxygen atoms in total. The monoisotopic (exact) mass is 303 g/mol. The van der Waals surface area contributed by atoms with Gasteiger partial charge in [0.15, 0.2) is 0 Å². The molecule has 1 saturated carbocycles. The minimum Gasteiger partial charge on any atom is -0.339 e. The van der Waals surface area contributed by atoms with E-state index in [1.165, 1.54) is 4.88 Å². The molecule has 1 aliphatic carbocycles. The van der Waals surface area contributed by atoms with Gasteiger partial charge in [-0.3, -0.25) is 9.69 Å². The van der Waals surface area contributed by atoms with E-state index < -0.39 is 5.41 Å². The summed E-state index contributed by atoms with van der Waals surface area (Å²) in [5, 5.41) is 11.5. The standard InChI is InChI=1S/C16H21N3OS/c17-13-16(5-1-2-6-16)15(20)19-9-7-18(8-10-19)12-14-4-3-11-21-14/h3-4,11H,1-2,5-10,12H2. The molecule has 1 amide bonds. The molecule has 2 fully saturated rings. The number of nitriles is 1. The molecule has 0 radical (unpaired) electrons. The first-order chi connectivity index (χ1) is 10.2. The van der Waals surface area contributed by atoms with Gasteiger partial charge < -0.3 is 4.90 Å². The van der Waals surface area contributed by atoms with E-state index in [1.807, 2.05) is 4.90 Å². The van der Waals surface area contributed by atoms with Crippen LogP contribution in [0.5, 0.6) is 0 Å². The molecule has 0 spiro atoms. The second kappa shape index (κ2) is 6.17. The molecule has 1 saturated heterocycles. The number of amides is 1. The zero-order chi connectivity index (χ0) is 14.7. The highest BCUT2D eigenvalue weighted by molar-refractivity contribution is 7.09. The number of carbonyl (C=O) groups is 1. The maximum absolute atomic E-state index is 12.7. The van der Waals surface area contributed by atoms with Crippen molar-refractivity contribution in [1.82, 2.24) is 9.80 Å². The van der Waals surface area contributed by atoms with Gasteiger partial charge in [-0.05, 0) is 24.3 Å². The Labute approximate surface area is 130 Å². The van der Waals surface area contributed by atoms with Gasteiger partial charge in [-0.15, -0.1) is 11.3 Å². The van der Waals surface area contributed by atoms with E-state index >= 15 is 0 Å². The molecule has 1 aromatic rings. The summed E-state index contributed by atoms with van der Waals surface area (Å²) >= 11 is 1.78. The summed E-state index contributed by atoms with van der Waals surface area (Å²) in [6.45, 7) is 4.31. The summed E-state index contributed by atoms with van der Waals surface area (Å²) in [6, 6.07) is 6.56. The molecule has 2 heterocycles. The number of rotatable bonds is 3. The van der Waals surface area contributed by atoms with E-state index in [0.717, 1.165) is 58.4 Å². The lowest BCUT2D eigenvalue weighted by Gasteiger charge is -2.37. The second-order valence-electron chi connectivity index (χ2n) is 6.05. The van der Waals surface area contributed by atoms with Crippen LogP contribution in [0.4, 0.5) is 0 Å². The Morgan fingerprint density at radius 1 is 1.29 bits per heavy atom. The molecular weight excluding hydrogens is 282 g/mol. The van der Waals surface area contributed by atoms with Crippen LogP contribution in [0.25, 0.3) is 0 Å². The third kappa shape index (κ3) is 2.97. The van der Waals surface area contributed by atoms with Crippen molar-refractivity contribution in [3.05, 3.63) is 22.4 Å². The molecule has 21 heavy (non-hydrogen) atoms. The van der Waals surface area contributed by atoms with Crippen LogP contribution in [0.2, 0.25) is 0 Å². The van der Waals surface area contributed by atoms with Crippen molar-refractivity contribution in [2.75, 3.05) is 26.2 Å². The van der Waals surface area contributed by atoms with E-state index in [-0.39, 0.29) is 5.91 Å². The largest absolute Gasteiger partial charge is 0.339 e. The van der Waals surface area contributed by atoms with E-state index in [2.05, 4.69) is 28.5 Å². The lowest BCUT2D eigenvalue weighted by molar-refractivity contribution is -0.140. The highest BCUT2D eigenvalue weighted by atomic mass is 32.1. The number of carbonyl (C=O) groups excluding carboxylic acids is 1. The average Bonchev–Trinajstić information content (AvgIpc) is 3.19. The van der Waals surface area contributed by atoms with Gasteiger partial charge in [-0.1, -0.05) is 18.9 Å². The molecule has 3 rings (SSSR count). The fourth-order valence-corrected chi connectivity index (χ4v) is 4.13. The Morgan fingerprint density at radius 2 is 2.00 bits per heavy atom. The van der Waals surface area contributed by atoms with Crippen molar-refractivity contribution < 1.29 is 4.79 Å². The zero-order valence-electron chi connectivity index (χ0n) is 12.3. The minimum atomic E-state index is -0.712. The Balaban J connectivity index is 1.56. The summed E-state index contributed by atoms with van der Waals surface area (Å²) in [4.78, 5) is 18.3. The van der Waals surface area contributed by atoms with Crippen molar-refractivity contribution in [2.24, 2.45) is 5.41 Å². The van der Waals surface area contributed by atoms with E-state index in [4.69, 9.17) is 0 Å². The quantitative estimate of drug-likeness (QED) is 0.862. The number of piperazine rings is 1. The van der Waals surface area contributed by atoms with Crippen LogP contribution < -0.4 is 0 Å². The first-order valence-electron chi connectivity index (χ1n) is 7.69. The second-order valence-corrected chi connectivity index (χ2v) is 7.08. The minimum absolute atomic E-state index is 0.0817.